The van der Waals surface area contributed by atoms with E-state index >= 15 is 0 Å². The average molecular weight is 485 g/mol. The summed E-state index contributed by atoms with van der Waals surface area (Å²) in [5, 5.41) is 17.3. The van der Waals surface area contributed by atoms with Gasteiger partial charge in [0.05, 0.1) is 0 Å². The van der Waals surface area contributed by atoms with Gasteiger partial charge in [0.1, 0.15) is 5.69 Å². The molecule has 10 heteroatoms. The Labute approximate surface area is 142 Å². The second kappa shape index (κ2) is 6.29. The van der Waals surface area contributed by atoms with Gasteiger partial charge in [0.2, 0.25) is 11.6 Å². The Bertz CT molecular complexity index is 792. The monoisotopic (exact) mass is 482 g/mol. The van der Waals surface area contributed by atoms with Crippen LogP contribution < -0.4 is 5.56 Å². The van der Waals surface area contributed by atoms with Crippen molar-refractivity contribution in [1.29, 1.82) is 0 Å². The molecule has 0 atom stereocenters. The average Bonchev–Trinajstić information content (AvgIpc) is 2.30. The summed E-state index contributed by atoms with van der Waals surface area (Å²) >= 11 is 14.7. The maximum absolute atomic E-state index is 11.6. The molecular weight excluding hydrogens is 480 g/mol. The van der Waals surface area contributed by atoms with Gasteiger partial charge in [0, 0.05) is 13.4 Å². The zero-order chi connectivity index (χ0) is 14.9. The maximum Gasteiger partial charge on any atom is 0.283 e. The molecule has 0 amide bonds. The predicted molar refractivity (Wildman–Crippen MR) is 87.6 cm³/mol. The molecular formula is C10H5Br3N4O2S. The van der Waals surface area contributed by atoms with Crippen LogP contribution in [-0.2, 0) is 0 Å². The number of nitrogens with one attached hydrogen (secondary N) is 2. The number of hydrogen-bond acceptors (Lipinski definition) is 5. The van der Waals surface area contributed by atoms with Crippen LogP contribution in [-0.4, -0.2) is 15.1 Å². The smallest absolute Gasteiger partial charge is 0.283 e. The Balaban J connectivity index is 2.51. The molecule has 0 spiro atoms. The highest BCUT2D eigenvalue weighted by Gasteiger charge is 2.09. The minimum Gasteiger partial charge on any atom is -0.493 e. The molecule has 0 saturated heterocycles. The van der Waals surface area contributed by atoms with Gasteiger partial charge in [0.15, 0.2) is 4.77 Å². The van der Waals surface area contributed by atoms with Gasteiger partial charge in [0.25, 0.3) is 5.56 Å². The molecule has 20 heavy (non-hydrogen) atoms. The van der Waals surface area contributed by atoms with Crippen LogP contribution in [0.2, 0.25) is 0 Å². The lowest BCUT2D eigenvalue weighted by atomic mass is 10.3. The van der Waals surface area contributed by atoms with E-state index in [0.717, 1.165) is 4.47 Å². The van der Waals surface area contributed by atoms with Crippen molar-refractivity contribution < 1.29 is 5.11 Å². The predicted octanol–water partition coefficient (Wildman–Crippen LogP) is 4.84. The van der Waals surface area contributed by atoms with Gasteiger partial charge in [-0.1, -0.05) is 15.9 Å². The van der Waals surface area contributed by atoms with Crippen molar-refractivity contribution in [3.05, 3.63) is 40.7 Å². The Morgan fingerprint density at radius 1 is 1.05 bits per heavy atom. The molecule has 0 radical (unpaired) electrons. The van der Waals surface area contributed by atoms with Gasteiger partial charge < -0.3 is 10.1 Å². The summed E-state index contributed by atoms with van der Waals surface area (Å²) in [7, 11) is 0. The lowest BCUT2D eigenvalue weighted by Gasteiger charge is -2.02. The van der Waals surface area contributed by atoms with Crippen molar-refractivity contribution in [1.82, 2.24) is 9.97 Å². The van der Waals surface area contributed by atoms with E-state index in [2.05, 4.69) is 68.0 Å². The quantitative estimate of drug-likeness (QED) is 0.420. The molecule has 0 saturated carbocycles. The molecule has 1 aromatic carbocycles. The number of benzene rings is 1. The van der Waals surface area contributed by atoms with Gasteiger partial charge >= 0.3 is 0 Å². The van der Waals surface area contributed by atoms with Crippen LogP contribution in [0, 0.1) is 4.77 Å². The number of aromatic amines is 2. The van der Waals surface area contributed by atoms with E-state index in [4.69, 9.17) is 12.2 Å². The highest BCUT2D eigenvalue weighted by molar-refractivity contribution is 9.11. The number of nitrogens with zero attached hydrogens (tertiary/aromatic N) is 2. The Kier molecular flexibility index (Phi) is 4.89. The fraction of sp³-hybridized carbons (Fsp3) is 0. The first kappa shape index (κ1) is 15.5. The maximum atomic E-state index is 11.6. The number of halogens is 3. The molecule has 104 valence electrons. The second-order valence-electron chi connectivity index (χ2n) is 3.52. The lowest BCUT2D eigenvalue weighted by Crippen LogP contribution is -2.06. The largest absolute Gasteiger partial charge is 0.493 e. The van der Waals surface area contributed by atoms with Crippen LogP contribution in [0.5, 0.6) is 5.88 Å². The number of hydrogen-bond donors (Lipinski definition) is 3. The molecule has 0 aliphatic carbocycles. The van der Waals surface area contributed by atoms with Crippen LogP contribution in [0.25, 0.3) is 0 Å². The summed E-state index contributed by atoms with van der Waals surface area (Å²) in [6.45, 7) is 0. The molecule has 0 aliphatic heterocycles. The van der Waals surface area contributed by atoms with E-state index in [1.807, 2.05) is 0 Å². The molecule has 3 N–H and O–H groups in total. The van der Waals surface area contributed by atoms with Gasteiger partial charge in [-0.25, -0.2) is 0 Å². The normalized spacial score (nSPS) is 11.2. The van der Waals surface area contributed by atoms with Crippen LogP contribution in [0.1, 0.15) is 0 Å². The van der Waals surface area contributed by atoms with E-state index in [1.54, 1.807) is 12.1 Å². The van der Waals surface area contributed by atoms with Crippen molar-refractivity contribution in [2.45, 2.75) is 0 Å². The zero-order valence-corrected chi connectivity index (χ0v) is 15.0. The van der Waals surface area contributed by atoms with Gasteiger partial charge in [-0.2, -0.15) is 0 Å². The summed E-state index contributed by atoms with van der Waals surface area (Å²) in [6, 6.07) is 3.56. The van der Waals surface area contributed by atoms with Gasteiger partial charge in [-0.3, -0.25) is 9.78 Å². The highest BCUT2D eigenvalue weighted by Crippen LogP contribution is 2.37. The molecule has 1 heterocycles. The Morgan fingerprint density at radius 3 is 2.15 bits per heavy atom. The number of azo groups is 1. The van der Waals surface area contributed by atoms with Gasteiger partial charge in [-0.15, -0.1) is 10.2 Å². The first-order valence-corrected chi connectivity index (χ1v) is 7.79. The summed E-state index contributed by atoms with van der Waals surface area (Å²) < 4.78 is 2.20. The molecule has 0 bridgehead atoms. The Morgan fingerprint density at radius 2 is 1.60 bits per heavy atom. The van der Waals surface area contributed by atoms with Crippen molar-refractivity contribution in [2.75, 3.05) is 0 Å². The van der Waals surface area contributed by atoms with Crippen LogP contribution in [0.4, 0.5) is 11.4 Å². The molecule has 2 aromatic rings. The van der Waals surface area contributed by atoms with E-state index in [1.165, 1.54) is 0 Å². The lowest BCUT2D eigenvalue weighted by molar-refractivity contribution is 0.451. The summed E-state index contributed by atoms with van der Waals surface area (Å²) in [5.41, 5.74) is -0.394. The molecule has 0 fully saturated rings. The van der Waals surface area contributed by atoms with Crippen molar-refractivity contribution in [3.63, 3.8) is 0 Å². The minimum absolute atomic E-state index is 0.0115. The SMILES string of the molecule is O=c1[nH]c(=S)[nH]c(O)c1N=Nc1c(Br)cc(Br)cc1Br. The summed E-state index contributed by atoms with van der Waals surface area (Å²) in [6.07, 6.45) is 0. The van der Waals surface area contributed by atoms with Crippen molar-refractivity contribution in [2.24, 2.45) is 10.2 Å². The molecule has 0 aliphatic rings. The fourth-order valence-electron chi connectivity index (χ4n) is 1.29. The first-order valence-electron chi connectivity index (χ1n) is 5.00. The van der Waals surface area contributed by atoms with Crippen LogP contribution in [0.3, 0.4) is 0 Å². The first-order chi connectivity index (χ1) is 9.38. The molecule has 6 nitrogen and oxygen atoms in total. The fourth-order valence-corrected chi connectivity index (χ4v) is 3.90. The number of aromatic nitrogens is 2. The van der Waals surface area contributed by atoms with E-state index in [0.29, 0.717) is 14.6 Å². The van der Waals surface area contributed by atoms with Crippen LogP contribution >= 0.6 is 60.0 Å². The summed E-state index contributed by atoms with van der Waals surface area (Å²) in [5.74, 6) is -0.438. The number of H-pyrrole nitrogens is 2. The van der Waals surface area contributed by atoms with Crippen molar-refractivity contribution >= 4 is 71.4 Å². The number of aromatic hydroxyl groups is 1. The Hall–Kier alpha value is -0.840. The zero-order valence-electron chi connectivity index (χ0n) is 9.45. The molecule has 2 rings (SSSR count). The third-order valence-corrected chi connectivity index (χ3v) is 4.00. The standard InChI is InChI=1S/C10H5Br3N4O2S/c11-3-1-4(12)6(5(13)2-3)16-17-7-8(18)14-10(20)15-9(7)19/h1-2H,(H3,14,15,18,19,20). The third-order valence-electron chi connectivity index (χ3n) is 2.13. The molecule has 0 unspecified atom stereocenters. The van der Waals surface area contributed by atoms with Crippen LogP contribution in [0.15, 0.2) is 40.6 Å². The van der Waals surface area contributed by atoms with E-state index < -0.39 is 11.4 Å². The number of rotatable bonds is 2. The molecule has 1 aromatic heterocycles. The summed E-state index contributed by atoms with van der Waals surface area (Å²) in [4.78, 5) is 16.3. The van der Waals surface area contributed by atoms with E-state index in [9.17, 15) is 9.90 Å². The second-order valence-corrected chi connectivity index (χ2v) is 6.56. The highest BCUT2D eigenvalue weighted by atomic mass is 79.9. The third kappa shape index (κ3) is 3.43. The topological polar surface area (TPSA) is 93.6 Å². The minimum atomic E-state index is -0.626. The van der Waals surface area contributed by atoms with Crippen molar-refractivity contribution in [3.8, 4) is 5.88 Å². The van der Waals surface area contributed by atoms with E-state index in [-0.39, 0.29) is 10.5 Å². The van der Waals surface area contributed by atoms with Gasteiger partial charge in [-0.05, 0) is 56.2 Å².